The van der Waals surface area contributed by atoms with Gasteiger partial charge in [0.05, 0.1) is 11.4 Å². The number of hydrogen-bond acceptors (Lipinski definition) is 1. The zero-order valence-corrected chi connectivity index (χ0v) is 10.6. The van der Waals surface area contributed by atoms with Crippen molar-refractivity contribution < 1.29 is 9.46 Å². The van der Waals surface area contributed by atoms with E-state index in [-0.39, 0.29) is 0 Å². The Hall–Kier alpha value is -1.28. The minimum Gasteiger partial charge on any atom is -0.317 e. The van der Waals surface area contributed by atoms with Crippen LogP contribution < -0.4 is 4.67 Å². The molecule has 0 saturated heterocycles. The second-order valence-corrected chi connectivity index (χ2v) is 6.12. The minimum atomic E-state index is -3.91. The number of anilines is 2. The van der Waals surface area contributed by atoms with Crippen LogP contribution in [0.5, 0.6) is 0 Å². The fraction of sp³-hybridized carbons (Fsp3) is 0. The van der Waals surface area contributed by atoms with Crippen LogP contribution >= 0.6 is 18.1 Å². The summed E-state index contributed by atoms with van der Waals surface area (Å²) in [4.78, 5) is 9.63. The maximum atomic E-state index is 11.8. The van der Waals surface area contributed by atoms with E-state index < -0.39 is 6.87 Å². The van der Waals surface area contributed by atoms with E-state index in [9.17, 15) is 9.46 Å². The lowest BCUT2D eigenvalue weighted by Gasteiger charge is -2.25. The summed E-state index contributed by atoms with van der Waals surface area (Å²) >= 11 is 5.61. The molecule has 3 nitrogen and oxygen atoms in total. The summed E-state index contributed by atoms with van der Waals surface area (Å²) in [5.41, 5.74) is 1.17. The first-order chi connectivity index (χ1) is 8.09. The van der Waals surface area contributed by atoms with E-state index in [0.29, 0.717) is 11.4 Å². The number of hydrogen-bond donors (Lipinski definition) is 1. The van der Waals surface area contributed by atoms with Crippen LogP contribution in [0, 0.1) is 0 Å². The van der Waals surface area contributed by atoms with Crippen molar-refractivity contribution >= 4 is 29.5 Å². The summed E-state index contributed by atoms with van der Waals surface area (Å²) in [7, 11) is 0. The SMILES string of the molecule is O=P(O)(Cl)N(c1ccccc1)c1ccccc1. The summed E-state index contributed by atoms with van der Waals surface area (Å²) in [6.45, 7) is -3.91. The predicted octanol–water partition coefficient (Wildman–Crippen LogP) is 4.16. The Labute approximate surface area is 105 Å². The topological polar surface area (TPSA) is 40.5 Å². The standard InChI is InChI=1S/C12H11ClNO2P/c13-17(15,16)14(11-7-3-1-4-8-11)12-9-5-2-6-10-12/h1-10H,(H,15,16). The van der Waals surface area contributed by atoms with Gasteiger partial charge in [-0.3, -0.25) is 4.67 Å². The highest BCUT2D eigenvalue weighted by Gasteiger charge is 2.27. The van der Waals surface area contributed by atoms with Gasteiger partial charge in [-0.2, -0.15) is 0 Å². The van der Waals surface area contributed by atoms with Crippen molar-refractivity contribution in [1.29, 1.82) is 0 Å². The van der Waals surface area contributed by atoms with Crippen LogP contribution in [0.3, 0.4) is 0 Å². The largest absolute Gasteiger partial charge is 0.389 e. The molecule has 0 bridgehead atoms. The van der Waals surface area contributed by atoms with Crippen LogP contribution in [0.15, 0.2) is 60.7 Å². The Bertz CT molecular complexity index is 487. The third-order valence-corrected chi connectivity index (χ3v) is 3.66. The predicted molar refractivity (Wildman–Crippen MR) is 70.7 cm³/mol. The molecule has 88 valence electrons. The van der Waals surface area contributed by atoms with Gasteiger partial charge >= 0.3 is 6.87 Å². The molecular formula is C12H11ClNO2P. The highest BCUT2D eigenvalue weighted by molar-refractivity contribution is 7.86. The van der Waals surface area contributed by atoms with Gasteiger partial charge in [-0.05, 0) is 35.5 Å². The molecule has 1 atom stereocenters. The molecule has 0 fully saturated rings. The van der Waals surface area contributed by atoms with E-state index in [1.54, 1.807) is 48.5 Å². The van der Waals surface area contributed by atoms with Gasteiger partial charge in [0.2, 0.25) is 0 Å². The van der Waals surface area contributed by atoms with Gasteiger partial charge in [0.1, 0.15) is 0 Å². The zero-order chi connectivity index (χ0) is 12.3. The third kappa shape index (κ3) is 2.89. The number of rotatable bonds is 3. The highest BCUT2D eigenvalue weighted by Crippen LogP contribution is 2.56. The molecule has 0 aliphatic heterocycles. The monoisotopic (exact) mass is 267 g/mol. The van der Waals surface area contributed by atoms with Crippen LogP contribution in [-0.4, -0.2) is 4.89 Å². The normalized spacial score (nSPS) is 14.0. The van der Waals surface area contributed by atoms with Gasteiger partial charge in [0.25, 0.3) is 0 Å². The summed E-state index contributed by atoms with van der Waals surface area (Å²) in [5.74, 6) is 0. The van der Waals surface area contributed by atoms with Crippen molar-refractivity contribution in [2.24, 2.45) is 0 Å². The number of nitrogens with zero attached hydrogens (tertiary/aromatic N) is 1. The van der Waals surface area contributed by atoms with Gasteiger partial charge in [0.15, 0.2) is 0 Å². The number of benzene rings is 2. The Morgan fingerprint density at radius 2 is 1.24 bits per heavy atom. The second-order valence-electron chi connectivity index (χ2n) is 3.46. The number of halogens is 1. The van der Waals surface area contributed by atoms with E-state index >= 15 is 0 Å². The fourth-order valence-electron chi connectivity index (χ4n) is 1.57. The summed E-state index contributed by atoms with van der Waals surface area (Å²) in [5, 5.41) is 0. The quantitative estimate of drug-likeness (QED) is 0.849. The molecule has 1 N–H and O–H groups in total. The smallest absolute Gasteiger partial charge is 0.317 e. The van der Waals surface area contributed by atoms with Crippen molar-refractivity contribution in [3.05, 3.63) is 60.7 Å². The van der Waals surface area contributed by atoms with Crippen molar-refractivity contribution in [3.63, 3.8) is 0 Å². The van der Waals surface area contributed by atoms with E-state index in [4.69, 9.17) is 11.2 Å². The zero-order valence-electron chi connectivity index (χ0n) is 8.90. The van der Waals surface area contributed by atoms with Crippen LogP contribution in [0.25, 0.3) is 0 Å². The van der Waals surface area contributed by atoms with E-state index in [0.717, 1.165) is 0 Å². The molecular weight excluding hydrogens is 257 g/mol. The van der Waals surface area contributed by atoms with Gasteiger partial charge in [-0.25, -0.2) is 4.57 Å². The fourth-order valence-corrected chi connectivity index (χ4v) is 2.93. The molecule has 2 rings (SSSR count). The Balaban J connectivity index is 2.52. The van der Waals surface area contributed by atoms with Crippen LogP contribution in [-0.2, 0) is 4.57 Å². The Kier molecular flexibility index (Phi) is 3.53. The molecule has 0 aliphatic carbocycles. The maximum absolute atomic E-state index is 11.8. The van der Waals surface area contributed by atoms with E-state index in [1.165, 1.54) is 4.67 Å². The molecule has 17 heavy (non-hydrogen) atoms. The lowest BCUT2D eigenvalue weighted by Crippen LogP contribution is -2.09. The molecule has 5 heteroatoms. The van der Waals surface area contributed by atoms with Gasteiger partial charge in [0, 0.05) is 0 Å². The highest BCUT2D eigenvalue weighted by atomic mass is 35.7. The van der Waals surface area contributed by atoms with Gasteiger partial charge in [-0.15, -0.1) is 0 Å². The average molecular weight is 268 g/mol. The molecule has 0 aromatic heterocycles. The second kappa shape index (κ2) is 4.92. The van der Waals surface area contributed by atoms with Gasteiger partial charge < -0.3 is 4.89 Å². The maximum Gasteiger partial charge on any atom is 0.389 e. The lowest BCUT2D eigenvalue weighted by molar-refractivity contribution is 0.496. The lowest BCUT2D eigenvalue weighted by atomic mass is 10.3. The summed E-state index contributed by atoms with van der Waals surface area (Å²) in [6.07, 6.45) is 0. The minimum absolute atomic E-state index is 0.583. The molecule has 2 aromatic carbocycles. The molecule has 0 saturated carbocycles. The molecule has 0 spiro atoms. The molecule has 0 radical (unpaired) electrons. The molecule has 0 heterocycles. The molecule has 0 aliphatic rings. The molecule has 2 aromatic rings. The Morgan fingerprint density at radius 3 is 1.53 bits per heavy atom. The summed E-state index contributed by atoms with van der Waals surface area (Å²) in [6, 6.07) is 17.8. The van der Waals surface area contributed by atoms with Crippen LogP contribution in [0.4, 0.5) is 11.4 Å². The van der Waals surface area contributed by atoms with Crippen molar-refractivity contribution in [1.82, 2.24) is 0 Å². The van der Waals surface area contributed by atoms with Gasteiger partial charge in [-0.1, -0.05) is 36.4 Å². The first kappa shape index (κ1) is 12.2. The number of para-hydroxylation sites is 2. The van der Waals surface area contributed by atoms with E-state index in [1.807, 2.05) is 12.1 Å². The average Bonchev–Trinajstić information content (AvgIpc) is 2.30. The summed E-state index contributed by atoms with van der Waals surface area (Å²) < 4.78 is 13.0. The van der Waals surface area contributed by atoms with Crippen molar-refractivity contribution in [3.8, 4) is 0 Å². The van der Waals surface area contributed by atoms with Crippen molar-refractivity contribution in [2.75, 3.05) is 4.67 Å². The molecule has 0 amide bonds. The first-order valence-corrected chi connectivity index (χ1v) is 7.54. The van der Waals surface area contributed by atoms with Crippen molar-refractivity contribution in [2.45, 2.75) is 0 Å². The first-order valence-electron chi connectivity index (χ1n) is 5.02. The van der Waals surface area contributed by atoms with E-state index in [2.05, 4.69) is 0 Å². The third-order valence-electron chi connectivity index (χ3n) is 2.25. The van der Waals surface area contributed by atoms with Crippen LogP contribution in [0.2, 0.25) is 0 Å². The molecule has 1 unspecified atom stereocenters. The van der Waals surface area contributed by atoms with Crippen LogP contribution in [0.1, 0.15) is 0 Å². The Morgan fingerprint density at radius 1 is 0.882 bits per heavy atom.